The first-order valence-electron chi connectivity index (χ1n) is 6.91. The van der Waals surface area contributed by atoms with Gasteiger partial charge in [0, 0.05) is 18.5 Å². The minimum absolute atomic E-state index is 0.650. The SMILES string of the molecule is C=CCn1c(SCc2ccccn2)nnc1-c1ccoc1C. The molecule has 3 aromatic heterocycles. The molecule has 0 aromatic carbocycles. The van der Waals surface area contributed by atoms with Gasteiger partial charge in [0.25, 0.3) is 0 Å². The van der Waals surface area contributed by atoms with E-state index in [9.17, 15) is 0 Å². The number of rotatable bonds is 6. The minimum Gasteiger partial charge on any atom is -0.469 e. The number of nitrogens with zero attached hydrogens (tertiary/aromatic N) is 4. The highest BCUT2D eigenvalue weighted by molar-refractivity contribution is 7.98. The highest BCUT2D eigenvalue weighted by Gasteiger charge is 2.16. The standard InChI is InChI=1S/C16H16N4OS/c1-3-9-20-15(14-7-10-21-12(14)2)18-19-16(20)22-11-13-6-4-5-8-17-13/h3-8,10H,1,9,11H2,2H3. The summed E-state index contributed by atoms with van der Waals surface area (Å²) in [7, 11) is 0. The van der Waals surface area contributed by atoms with Crippen molar-refractivity contribution in [1.29, 1.82) is 0 Å². The lowest BCUT2D eigenvalue weighted by Crippen LogP contribution is -2.01. The first kappa shape index (κ1) is 14.6. The molecule has 0 spiro atoms. The Hall–Kier alpha value is -2.34. The lowest BCUT2D eigenvalue weighted by atomic mass is 10.2. The van der Waals surface area contributed by atoms with E-state index in [4.69, 9.17) is 4.42 Å². The fourth-order valence-electron chi connectivity index (χ4n) is 2.13. The summed E-state index contributed by atoms with van der Waals surface area (Å²) in [5.41, 5.74) is 1.97. The molecule has 5 nitrogen and oxygen atoms in total. The van der Waals surface area contributed by atoms with Gasteiger partial charge in [-0.1, -0.05) is 23.9 Å². The summed E-state index contributed by atoms with van der Waals surface area (Å²) in [5.74, 6) is 2.38. The van der Waals surface area contributed by atoms with Crippen molar-refractivity contribution < 1.29 is 4.42 Å². The molecule has 22 heavy (non-hydrogen) atoms. The fourth-order valence-corrected chi connectivity index (χ4v) is 2.99. The Bertz CT molecular complexity index is 764. The number of furan rings is 1. The third-order valence-electron chi connectivity index (χ3n) is 3.20. The van der Waals surface area contributed by atoms with Crippen LogP contribution in [0.4, 0.5) is 0 Å². The molecule has 0 aliphatic rings. The second-order valence-electron chi connectivity index (χ2n) is 4.71. The lowest BCUT2D eigenvalue weighted by Gasteiger charge is -2.06. The van der Waals surface area contributed by atoms with Crippen molar-refractivity contribution in [3.63, 3.8) is 0 Å². The largest absolute Gasteiger partial charge is 0.469 e. The highest BCUT2D eigenvalue weighted by Crippen LogP contribution is 2.28. The van der Waals surface area contributed by atoms with Gasteiger partial charge in [-0.3, -0.25) is 9.55 Å². The van der Waals surface area contributed by atoms with Crippen LogP contribution in [-0.2, 0) is 12.3 Å². The number of hydrogen-bond donors (Lipinski definition) is 0. The van der Waals surface area contributed by atoms with Crippen LogP contribution in [0.5, 0.6) is 0 Å². The molecule has 3 aromatic rings. The van der Waals surface area contributed by atoms with E-state index in [0.29, 0.717) is 6.54 Å². The van der Waals surface area contributed by atoms with Gasteiger partial charge in [-0.05, 0) is 25.1 Å². The predicted molar refractivity (Wildman–Crippen MR) is 86.5 cm³/mol. The Morgan fingerprint density at radius 1 is 1.32 bits per heavy atom. The summed E-state index contributed by atoms with van der Waals surface area (Å²) in [5, 5.41) is 9.47. The van der Waals surface area contributed by atoms with Crippen LogP contribution in [-0.4, -0.2) is 19.7 Å². The van der Waals surface area contributed by atoms with Crippen LogP contribution in [0.25, 0.3) is 11.4 Å². The van der Waals surface area contributed by atoms with Crippen molar-refractivity contribution in [3.05, 3.63) is 60.8 Å². The number of hydrogen-bond acceptors (Lipinski definition) is 5. The van der Waals surface area contributed by atoms with E-state index in [-0.39, 0.29) is 0 Å². The lowest BCUT2D eigenvalue weighted by molar-refractivity contribution is 0.534. The van der Waals surface area contributed by atoms with Gasteiger partial charge >= 0.3 is 0 Å². The smallest absolute Gasteiger partial charge is 0.192 e. The van der Waals surface area contributed by atoms with Gasteiger partial charge in [0.2, 0.25) is 0 Å². The van der Waals surface area contributed by atoms with Gasteiger partial charge in [-0.2, -0.15) is 0 Å². The molecule has 0 unspecified atom stereocenters. The number of aryl methyl sites for hydroxylation is 1. The summed E-state index contributed by atoms with van der Waals surface area (Å²) in [4.78, 5) is 4.33. The molecule has 0 fully saturated rings. The maximum atomic E-state index is 5.37. The van der Waals surface area contributed by atoms with Gasteiger partial charge in [0.15, 0.2) is 11.0 Å². The molecule has 3 rings (SSSR count). The first-order chi connectivity index (χ1) is 10.8. The second kappa shape index (κ2) is 6.62. The molecule has 0 radical (unpaired) electrons. The summed E-state index contributed by atoms with van der Waals surface area (Å²) >= 11 is 1.61. The topological polar surface area (TPSA) is 56.7 Å². The van der Waals surface area contributed by atoms with Gasteiger partial charge < -0.3 is 4.42 Å². The van der Waals surface area contributed by atoms with E-state index in [1.54, 1.807) is 24.2 Å². The van der Waals surface area contributed by atoms with Crippen molar-refractivity contribution in [1.82, 2.24) is 19.7 Å². The molecular formula is C16H16N4OS. The summed E-state index contributed by atoms with van der Waals surface area (Å²) in [6.45, 7) is 6.39. The van der Waals surface area contributed by atoms with E-state index in [1.165, 1.54) is 0 Å². The molecule has 3 heterocycles. The van der Waals surface area contributed by atoms with E-state index >= 15 is 0 Å². The van der Waals surface area contributed by atoms with Gasteiger partial charge in [0.1, 0.15) is 5.76 Å². The molecule has 0 N–H and O–H groups in total. The number of thioether (sulfide) groups is 1. The number of aromatic nitrogens is 4. The van der Waals surface area contributed by atoms with Crippen LogP contribution >= 0.6 is 11.8 Å². The van der Waals surface area contributed by atoms with E-state index < -0.39 is 0 Å². The average Bonchev–Trinajstić information content (AvgIpc) is 3.13. The zero-order valence-electron chi connectivity index (χ0n) is 12.3. The molecule has 112 valence electrons. The van der Waals surface area contributed by atoms with E-state index in [2.05, 4.69) is 21.8 Å². The van der Waals surface area contributed by atoms with Gasteiger partial charge in [0.05, 0.1) is 17.5 Å². The summed E-state index contributed by atoms with van der Waals surface area (Å²) < 4.78 is 7.41. The quantitative estimate of drug-likeness (QED) is 0.513. The molecule has 0 aliphatic heterocycles. The molecule has 0 aliphatic carbocycles. The Morgan fingerprint density at radius 2 is 2.23 bits per heavy atom. The highest BCUT2D eigenvalue weighted by atomic mass is 32.2. The maximum Gasteiger partial charge on any atom is 0.192 e. The van der Waals surface area contributed by atoms with Crippen molar-refractivity contribution in [2.24, 2.45) is 0 Å². The molecule has 0 saturated carbocycles. The Kier molecular flexibility index (Phi) is 4.39. The molecule has 6 heteroatoms. The van der Waals surface area contributed by atoms with Crippen molar-refractivity contribution in [3.8, 4) is 11.4 Å². The fraction of sp³-hybridized carbons (Fsp3) is 0.188. The number of allylic oxidation sites excluding steroid dienone is 1. The van der Waals surface area contributed by atoms with Crippen molar-refractivity contribution >= 4 is 11.8 Å². The molecular weight excluding hydrogens is 296 g/mol. The van der Waals surface area contributed by atoms with Crippen molar-refractivity contribution in [2.75, 3.05) is 0 Å². The first-order valence-corrected chi connectivity index (χ1v) is 7.89. The predicted octanol–water partition coefficient (Wildman–Crippen LogP) is 3.72. The minimum atomic E-state index is 0.650. The average molecular weight is 312 g/mol. The zero-order chi connectivity index (χ0) is 15.4. The molecule has 0 atom stereocenters. The zero-order valence-corrected chi connectivity index (χ0v) is 13.1. The number of pyridine rings is 1. The van der Waals surface area contributed by atoms with Crippen LogP contribution in [0, 0.1) is 6.92 Å². The molecule has 0 amide bonds. The van der Waals surface area contributed by atoms with Gasteiger partial charge in [-0.25, -0.2) is 0 Å². The van der Waals surface area contributed by atoms with Gasteiger partial charge in [-0.15, -0.1) is 16.8 Å². The summed E-state index contributed by atoms with van der Waals surface area (Å²) in [6, 6.07) is 7.81. The Labute approximate surface area is 133 Å². The van der Waals surface area contributed by atoms with Crippen LogP contribution in [0.1, 0.15) is 11.5 Å². The maximum absolute atomic E-state index is 5.37. The van der Waals surface area contributed by atoms with E-state index in [0.717, 1.165) is 33.8 Å². The molecule has 0 bridgehead atoms. The third kappa shape index (κ3) is 2.96. The van der Waals surface area contributed by atoms with Crippen molar-refractivity contribution in [2.45, 2.75) is 24.4 Å². The third-order valence-corrected chi connectivity index (χ3v) is 4.20. The molecule has 0 saturated heterocycles. The normalized spacial score (nSPS) is 10.8. The second-order valence-corrected chi connectivity index (χ2v) is 5.65. The monoisotopic (exact) mass is 312 g/mol. The van der Waals surface area contributed by atoms with Crippen LogP contribution in [0.15, 0.2) is 59.0 Å². The summed E-state index contributed by atoms with van der Waals surface area (Å²) in [6.07, 6.45) is 5.30. The van der Waals surface area contributed by atoms with E-state index in [1.807, 2.05) is 41.8 Å². The Morgan fingerprint density at radius 3 is 2.91 bits per heavy atom. The Balaban J connectivity index is 1.87. The van der Waals surface area contributed by atoms with Crippen LogP contribution < -0.4 is 0 Å². The van der Waals surface area contributed by atoms with Crippen LogP contribution in [0.2, 0.25) is 0 Å². The van der Waals surface area contributed by atoms with Crippen LogP contribution in [0.3, 0.4) is 0 Å².